The normalized spacial score (nSPS) is 15.1. The molecule has 1 aliphatic rings. The first-order chi connectivity index (χ1) is 15.6. The zero-order valence-electron chi connectivity index (χ0n) is 17.3. The minimum absolute atomic E-state index is 0.181. The summed E-state index contributed by atoms with van der Waals surface area (Å²) >= 11 is 0. The molecule has 0 amide bonds. The maximum atomic E-state index is 13.1. The fourth-order valence-corrected chi connectivity index (χ4v) is 5.53. The van der Waals surface area contributed by atoms with Crippen LogP contribution in [0.3, 0.4) is 0 Å². The minimum Gasteiger partial charge on any atom is -0.379 e. The molecular formula is C25H22N2O4S. The van der Waals surface area contributed by atoms with Gasteiger partial charge in [0.05, 0.1) is 23.8 Å². The lowest BCUT2D eigenvalue weighted by Gasteiger charge is -2.26. The molecule has 1 aromatic heterocycles. The maximum Gasteiger partial charge on any atom is 0.243 e. The Morgan fingerprint density at radius 2 is 1.50 bits per heavy atom. The van der Waals surface area contributed by atoms with Crippen molar-refractivity contribution in [1.82, 2.24) is 9.29 Å². The van der Waals surface area contributed by atoms with Gasteiger partial charge in [0.15, 0.2) is 6.29 Å². The lowest BCUT2D eigenvalue weighted by atomic mass is 10.0. The number of benzene rings is 3. The van der Waals surface area contributed by atoms with Crippen molar-refractivity contribution >= 4 is 27.2 Å². The molecule has 1 saturated heterocycles. The van der Waals surface area contributed by atoms with E-state index in [2.05, 4.69) is 4.98 Å². The molecule has 7 heteroatoms. The summed E-state index contributed by atoms with van der Waals surface area (Å²) in [6.45, 7) is 1.42. The Kier molecular flexibility index (Phi) is 5.38. The number of morpholine rings is 1. The van der Waals surface area contributed by atoms with Crippen LogP contribution in [0.15, 0.2) is 77.7 Å². The number of aromatic nitrogens is 1. The standard InChI is InChI=1S/C25H22N2O4S/c28-17-23-22-16-21(32(29,30)27-12-14-31-15-13-27)10-11-24(22)26-25(23)20-8-6-19(7-9-20)18-4-2-1-3-5-18/h1-11,16-17,26H,12-15H2. The van der Waals surface area contributed by atoms with Crippen LogP contribution in [0.1, 0.15) is 10.4 Å². The van der Waals surface area contributed by atoms with Crippen LogP contribution in [0.2, 0.25) is 0 Å². The van der Waals surface area contributed by atoms with E-state index in [0.29, 0.717) is 42.9 Å². The molecule has 0 saturated carbocycles. The first-order valence-electron chi connectivity index (χ1n) is 10.4. The number of rotatable bonds is 5. The summed E-state index contributed by atoms with van der Waals surface area (Å²) in [6, 6.07) is 22.9. The first-order valence-corrected chi connectivity index (χ1v) is 11.9. The molecule has 32 heavy (non-hydrogen) atoms. The number of nitrogens with one attached hydrogen (secondary N) is 1. The van der Waals surface area contributed by atoms with Crippen LogP contribution < -0.4 is 0 Å². The largest absolute Gasteiger partial charge is 0.379 e. The van der Waals surface area contributed by atoms with E-state index in [4.69, 9.17) is 4.74 Å². The van der Waals surface area contributed by atoms with Gasteiger partial charge in [-0.05, 0) is 34.9 Å². The van der Waals surface area contributed by atoms with Gasteiger partial charge in [0, 0.05) is 29.6 Å². The van der Waals surface area contributed by atoms with Crippen LogP contribution in [-0.2, 0) is 14.8 Å². The van der Waals surface area contributed by atoms with Crippen molar-refractivity contribution in [3.05, 3.63) is 78.4 Å². The number of carbonyl (C=O) groups excluding carboxylic acids is 1. The summed E-state index contributed by atoms with van der Waals surface area (Å²) in [4.78, 5) is 15.5. The van der Waals surface area contributed by atoms with E-state index < -0.39 is 10.0 Å². The summed E-state index contributed by atoms with van der Waals surface area (Å²) in [5.41, 5.74) is 4.90. The van der Waals surface area contributed by atoms with Gasteiger partial charge in [-0.15, -0.1) is 0 Å². The molecule has 162 valence electrons. The number of hydrogen-bond donors (Lipinski definition) is 1. The highest BCUT2D eigenvalue weighted by molar-refractivity contribution is 7.89. The van der Waals surface area contributed by atoms with Crippen LogP contribution in [0.5, 0.6) is 0 Å². The second-order valence-electron chi connectivity index (χ2n) is 7.70. The van der Waals surface area contributed by atoms with Gasteiger partial charge >= 0.3 is 0 Å². The summed E-state index contributed by atoms with van der Waals surface area (Å²) in [6.07, 6.45) is 0.782. The fraction of sp³-hybridized carbons (Fsp3) is 0.160. The van der Waals surface area contributed by atoms with Gasteiger partial charge in [-0.1, -0.05) is 54.6 Å². The lowest BCUT2D eigenvalue weighted by Crippen LogP contribution is -2.40. The molecule has 0 unspecified atom stereocenters. The van der Waals surface area contributed by atoms with Crippen molar-refractivity contribution in [1.29, 1.82) is 0 Å². The van der Waals surface area contributed by atoms with Gasteiger partial charge in [-0.3, -0.25) is 4.79 Å². The van der Waals surface area contributed by atoms with Crippen LogP contribution in [0.4, 0.5) is 0 Å². The third kappa shape index (κ3) is 3.64. The Morgan fingerprint density at radius 3 is 2.19 bits per heavy atom. The number of nitrogens with zero attached hydrogens (tertiary/aromatic N) is 1. The molecule has 1 aliphatic heterocycles. The molecule has 6 nitrogen and oxygen atoms in total. The molecule has 1 fully saturated rings. The Labute approximate surface area is 186 Å². The molecule has 0 atom stereocenters. The number of fused-ring (bicyclic) bond motifs is 1. The number of hydrogen-bond acceptors (Lipinski definition) is 4. The van der Waals surface area contributed by atoms with E-state index in [1.807, 2.05) is 54.6 Å². The Morgan fingerprint density at radius 1 is 0.844 bits per heavy atom. The highest BCUT2D eigenvalue weighted by Gasteiger charge is 2.27. The molecule has 1 N–H and O–H groups in total. The summed E-state index contributed by atoms with van der Waals surface area (Å²) in [5.74, 6) is 0. The number of ether oxygens (including phenoxy) is 1. The van der Waals surface area contributed by atoms with Crippen LogP contribution >= 0.6 is 0 Å². The fourth-order valence-electron chi connectivity index (χ4n) is 4.10. The molecule has 4 aromatic rings. The molecule has 0 radical (unpaired) electrons. The summed E-state index contributed by atoms with van der Waals surface area (Å²) in [7, 11) is -3.65. The average Bonchev–Trinajstić information content (AvgIpc) is 3.23. The number of sulfonamides is 1. The quantitative estimate of drug-likeness (QED) is 0.463. The van der Waals surface area contributed by atoms with Crippen molar-refractivity contribution in [2.75, 3.05) is 26.3 Å². The number of carbonyl (C=O) groups is 1. The van der Waals surface area contributed by atoms with Gasteiger partial charge in [-0.25, -0.2) is 8.42 Å². The molecule has 3 aromatic carbocycles. The Bertz CT molecular complexity index is 1370. The summed E-state index contributed by atoms with van der Waals surface area (Å²) < 4.78 is 32.8. The zero-order valence-corrected chi connectivity index (χ0v) is 18.1. The van der Waals surface area contributed by atoms with Crippen LogP contribution in [0.25, 0.3) is 33.3 Å². The molecule has 2 heterocycles. The Balaban J connectivity index is 1.54. The number of H-pyrrole nitrogens is 1. The third-order valence-electron chi connectivity index (χ3n) is 5.82. The predicted molar refractivity (Wildman–Crippen MR) is 124 cm³/mol. The van der Waals surface area contributed by atoms with Gasteiger partial charge in [0.1, 0.15) is 0 Å². The molecule has 0 aliphatic carbocycles. The van der Waals surface area contributed by atoms with Gasteiger partial charge in [0.2, 0.25) is 10.0 Å². The lowest BCUT2D eigenvalue weighted by molar-refractivity contribution is 0.0730. The highest BCUT2D eigenvalue weighted by atomic mass is 32.2. The second-order valence-corrected chi connectivity index (χ2v) is 9.64. The minimum atomic E-state index is -3.65. The van der Waals surface area contributed by atoms with E-state index in [1.165, 1.54) is 4.31 Å². The van der Waals surface area contributed by atoms with Crippen molar-refractivity contribution in [2.24, 2.45) is 0 Å². The third-order valence-corrected chi connectivity index (χ3v) is 7.71. The monoisotopic (exact) mass is 446 g/mol. The topological polar surface area (TPSA) is 79.5 Å². The predicted octanol–water partition coefficient (Wildman–Crippen LogP) is 4.34. The van der Waals surface area contributed by atoms with E-state index in [-0.39, 0.29) is 4.90 Å². The van der Waals surface area contributed by atoms with E-state index in [9.17, 15) is 13.2 Å². The summed E-state index contributed by atoms with van der Waals surface area (Å²) in [5, 5.41) is 0.594. The average molecular weight is 447 g/mol. The second kappa shape index (κ2) is 8.35. The van der Waals surface area contributed by atoms with Crippen LogP contribution in [-0.4, -0.2) is 50.3 Å². The van der Waals surface area contributed by atoms with E-state index in [0.717, 1.165) is 28.5 Å². The van der Waals surface area contributed by atoms with Crippen molar-refractivity contribution in [3.8, 4) is 22.4 Å². The van der Waals surface area contributed by atoms with Gasteiger partial charge in [0.25, 0.3) is 0 Å². The van der Waals surface area contributed by atoms with Gasteiger partial charge in [-0.2, -0.15) is 4.31 Å². The van der Waals surface area contributed by atoms with E-state index in [1.54, 1.807) is 18.2 Å². The van der Waals surface area contributed by atoms with Gasteiger partial charge < -0.3 is 9.72 Å². The molecule has 5 rings (SSSR count). The smallest absolute Gasteiger partial charge is 0.243 e. The molecular weight excluding hydrogens is 424 g/mol. The highest BCUT2D eigenvalue weighted by Crippen LogP contribution is 2.32. The van der Waals surface area contributed by atoms with Crippen LogP contribution in [0, 0.1) is 0 Å². The molecule has 0 spiro atoms. The zero-order chi connectivity index (χ0) is 22.1. The van der Waals surface area contributed by atoms with Crippen molar-refractivity contribution < 1.29 is 17.9 Å². The first kappa shape index (κ1) is 20.6. The number of aromatic amines is 1. The Hall–Kier alpha value is -3.26. The van der Waals surface area contributed by atoms with E-state index >= 15 is 0 Å². The maximum absolute atomic E-state index is 13.1. The van der Waals surface area contributed by atoms with Crippen molar-refractivity contribution in [3.63, 3.8) is 0 Å². The molecule has 0 bridgehead atoms. The number of aldehydes is 1. The SMILES string of the molecule is O=Cc1c(-c2ccc(-c3ccccc3)cc2)[nH]c2ccc(S(=O)(=O)N3CCOCC3)cc12. The van der Waals surface area contributed by atoms with Crippen molar-refractivity contribution in [2.45, 2.75) is 4.90 Å².